The first-order valence-corrected chi connectivity index (χ1v) is 11.8. The normalized spacial score (nSPS) is 22.3. The summed E-state index contributed by atoms with van der Waals surface area (Å²) in [4.78, 5) is 35.5. The number of nitrogens with one attached hydrogen (secondary N) is 1. The highest BCUT2D eigenvalue weighted by molar-refractivity contribution is 7.81. The molecule has 2 aromatic rings. The molecule has 33 heavy (non-hydrogen) atoms. The first-order chi connectivity index (χ1) is 15.9. The molecule has 2 atom stereocenters. The largest absolute Gasteiger partial charge is 0.370 e. The van der Waals surface area contributed by atoms with Crippen LogP contribution in [0.5, 0.6) is 0 Å². The number of likely N-dealkylation sites (N-methyl/N-ethyl adjacent to an activating group) is 1. The van der Waals surface area contributed by atoms with Gasteiger partial charge in [0.05, 0.1) is 6.54 Å². The minimum atomic E-state index is -0.0689. The summed E-state index contributed by atoms with van der Waals surface area (Å²) in [6.45, 7) is 6.09. The molecule has 1 aromatic carbocycles. The van der Waals surface area contributed by atoms with Gasteiger partial charge in [-0.25, -0.2) is 4.98 Å². The molecule has 174 valence electrons. The maximum atomic E-state index is 13.0. The fraction of sp³-hybridized carbons (Fsp3) is 0.400. The number of hydrogen-bond acceptors (Lipinski definition) is 6. The molecule has 1 saturated heterocycles. The van der Waals surface area contributed by atoms with Gasteiger partial charge in [-0.2, -0.15) is 12.6 Å². The lowest BCUT2D eigenvalue weighted by atomic mass is 10.1. The molecule has 0 unspecified atom stereocenters. The Morgan fingerprint density at radius 1 is 1.15 bits per heavy atom. The van der Waals surface area contributed by atoms with Crippen LogP contribution in [0.1, 0.15) is 18.1 Å². The zero-order valence-corrected chi connectivity index (χ0v) is 20.0. The van der Waals surface area contributed by atoms with Gasteiger partial charge in [0.1, 0.15) is 5.82 Å². The topological polar surface area (TPSA) is 68.8 Å². The van der Waals surface area contributed by atoms with Crippen molar-refractivity contribution in [2.75, 3.05) is 50.0 Å². The maximum Gasteiger partial charge on any atom is 0.246 e. The van der Waals surface area contributed by atoms with E-state index >= 15 is 0 Å². The molecule has 0 radical (unpaired) electrons. The number of fused-ring (bicyclic) bond motifs is 1. The molecule has 2 aliphatic rings. The Hall–Kier alpha value is -2.84. The number of amides is 2. The van der Waals surface area contributed by atoms with Crippen LogP contribution in [0.3, 0.4) is 0 Å². The number of carbonyl (C=O) groups is 2. The Morgan fingerprint density at radius 2 is 1.94 bits per heavy atom. The Morgan fingerprint density at radius 3 is 2.73 bits per heavy atom. The van der Waals surface area contributed by atoms with E-state index in [4.69, 9.17) is 12.6 Å². The summed E-state index contributed by atoms with van der Waals surface area (Å²) >= 11 is 4.78. The van der Waals surface area contributed by atoms with E-state index in [9.17, 15) is 9.59 Å². The second kappa shape index (κ2) is 10.4. The summed E-state index contributed by atoms with van der Waals surface area (Å²) in [5.74, 6) is 0.831. The van der Waals surface area contributed by atoms with Crippen molar-refractivity contribution in [3.8, 4) is 0 Å². The summed E-state index contributed by atoms with van der Waals surface area (Å²) in [6, 6.07) is 12.3. The van der Waals surface area contributed by atoms with Gasteiger partial charge in [0.25, 0.3) is 0 Å². The Labute approximate surface area is 200 Å². The molecule has 0 aliphatic carbocycles. The van der Waals surface area contributed by atoms with Crippen LogP contribution in [-0.2, 0) is 16.1 Å². The van der Waals surface area contributed by atoms with Crippen LogP contribution in [0.4, 0.5) is 11.5 Å². The number of benzene rings is 1. The van der Waals surface area contributed by atoms with Crippen LogP contribution in [0.25, 0.3) is 6.08 Å². The van der Waals surface area contributed by atoms with Gasteiger partial charge in [-0.3, -0.25) is 14.5 Å². The molecule has 2 aliphatic heterocycles. The van der Waals surface area contributed by atoms with Crippen LogP contribution < -0.4 is 10.2 Å². The predicted molar refractivity (Wildman–Crippen MR) is 135 cm³/mol. The van der Waals surface area contributed by atoms with E-state index < -0.39 is 0 Å². The maximum absolute atomic E-state index is 13.0. The number of rotatable bonds is 3. The lowest BCUT2D eigenvalue weighted by molar-refractivity contribution is -0.126. The van der Waals surface area contributed by atoms with Gasteiger partial charge in [0, 0.05) is 61.5 Å². The summed E-state index contributed by atoms with van der Waals surface area (Å²) in [5.41, 5.74) is 2.97. The molecule has 2 amide bonds. The highest BCUT2D eigenvalue weighted by Gasteiger charge is 2.25. The monoisotopic (exact) mass is 465 g/mol. The van der Waals surface area contributed by atoms with E-state index in [-0.39, 0.29) is 17.1 Å². The summed E-state index contributed by atoms with van der Waals surface area (Å²) in [5, 5.41) is 2.89. The summed E-state index contributed by atoms with van der Waals surface area (Å²) in [7, 11) is 1.90. The second-order valence-electron chi connectivity index (χ2n) is 9.07. The third-order valence-corrected chi connectivity index (χ3v) is 6.20. The lowest BCUT2D eigenvalue weighted by Gasteiger charge is -2.37. The number of nitrogens with zero attached hydrogens (tertiary/aromatic N) is 4. The number of aromatic nitrogens is 1. The average molecular weight is 466 g/mol. The van der Waals surface area contributed by atoms with E-state index in [1.54, 1.807) is 18.3 Å². The summed E-state index contributed by atoms with van der Waals surface area (Å²) in [6.07, 6.45) is 5.10. The highest BCUT2D eigenvalue weighted by Crippen LogP contribution is 2.22. The number of pyridine rings is 1. The van der Waals surface area contributed by atoms with Gasteiger partial charge in [0.15, 0.2) is 0 Å². The van der Waals surface area contributed by atoms with E-state index in [0.29, 0.717) is 37.9 Å². The first kappa shape index (κ1) is 23.3. The average Bonchev–Trinajstić information content (AvgIpc) is 2.91. The molecule has 1 fully saturated rings. The van der Waals surface area contributed by atoms with Crippen molar-refractivity contribution in [1.29, 1.82) is 0 Å². The van der Waals surface area contributed by atoms with Gasteiger partial charge >= 0.3 is 0 Å². The molecule has 1 N–H and O–H groups in total. The number of thiol groups is 1. The molecule has 0 bridgehead atoms. The molecule has 0 spiro atoms. The van der Waals surface area contributed by atoms with E-state index in [1.807, 2.05) is 29.0 Å². The standard InChI is InChI=1S/C25H31N5O2S/c1-18-12-29(21-6-4-3-5-7-21)15-22(33)16-30(13-18)24(32)9-8-19-10-20-14-28(2)17-23(31)27-25(20)26-11-19/h3-11,18,22,33H,12-17H2,1-2H3,(H,26,27,31)/b9-8+/t18-,22-/m1/s1. The SMILES string of the molecule is C[C@H]1CN(C(=O)/C=C/c2cnc3c(c2)CN(C)CC(=O)N3)C[C@H](S)CN(c2ccccc2)C1. The molecule has 3 heterocycles. The molecule has 1 aromatic heterocycles. The van der Waals surface area contributed by atoms with Crippen LogP contribution in [0.2, 0.25) is 0 Å². The second-order valence-corrected chi connectivity index (χ2v) is 9.80. The third-order valence-electron chi connectivity index (χ3n) is 5.88. The Bertz CT molecular complexity index is 1010. The van der Waals surface area contributed by atoms with Crippen LogP contribution in [-0.4, -0.2) is 71.6 Å². The van der Waals surface area contributed by atoms with Crippen molar-refractivity contribution in [1.82, 2.24) is 14.8 Å². The quantitative estimate of drug-likeness (QED) is 0.539. The lowest BCUT2D eigenvalue weighted by Crippen LogP contribution is -2.47. The fourth-order valence-corrected chi connectivity index (χ4v) is 4.84. The van der Waals surface area contributed by atoms with Crippen LogP contribution in [0, 0.1) is 5.92 Å². The smallest absolute Gasteiger partial charge is 0.246 e. The molecule has 7 nitrogen and oxygen atoms in total. The number of anilines is 2. The third kappa shape index (κ3) is 6.15. The van der Waals surface area contributed by atoms with Gasteiger partial charge in [0.2, 0.25) is 11.8 Å². The van der Waals surface area contributed by atoms with E-state index in [0.717, 1.165) is 24.2 Å². The molecular formula is C25H31N5O2S. The Balaban J connectivity index is 1.43. The first-order valence-electron chi connectivity index (χ1n) is 11.3. The zero-order chi connectivity index (χ0) is 23.4. The van der Waals surface area contributed by atoms with Crippen molar-refractivity contribution >= 4 is 42.0 Å². The zero-order valence-electron chi connectivity index (χ0n) is 19.1. The van der Waals surface area contributed by atoms with Crippen LogP contribution >= 0.6 is 12.6 Å². The van der Waals surface area contributed by atoms with Crippen molar-refractivity contribution < 1.29 is 9.59 Å². The fourth-order valence-electron chi connectivity index (χ4n) is 4.44. The van der Waals surface area contributed by atoms with Gasteiger partial charge in [-0.15, -0.1) is 0 Å². The number of hydrogen-bond donors (Lipinski definition) is 2. The minimum Gasteiger partial charge on any atom is -0.370 e. The molecule has 4 rings (SSSR count). The Kier molecular flexibility index (Phi) is 7.35. The van der Waals surface area contributed by atoms with Gasteiger partial charge < -0.3 is 15.1 Å². The molecule has 0 saturated carbocycles. The van der Waals surface area contributed by atoms with Crippen molar-refractivity contribution in [3.05, 3.63) is 59.8 Å². The van der Waals surface area contributed by atoms with Crippen molar-refractivity contribution in [2.24, 2.45) is 5.92 Å². The van der Waals surface area contributed by atoms with Gasteiger partial charge in [-0.1, -0.05) is 25.1 Å². The minimum absolute atomic E-state index is 0.0191. The van der Waals surface area contributed by atoms with Gasteiger partial charge in [-0.05, 0) is 42.8 Å². The number of para-hydroxylation sites is 1. The van der Waals surface area contributed by atoms with E-state index in [2.05, 4.69) is 46.4 Å². The predicted octanol–water partition coefficient (Wildman–Crippen LogP) is 2.76. The number of carbonyl (C=O) groups excluding carboxylic acids is 2. The highest BCUT2D eigenvalue weighted by atomic mass is 32.1. The molecule has 8 heteroatoms. The summed E-state index contributed by atoms with van der Waals surface area (Å²) < 4.78 is 0. The molecular weight excluding hydrogens is 434 g/mol. The van der Waals surface area contributed by atoms with E-state index in [1.165, 1.54) is 5.69 Å². The van der Waals surface area contributed by atoms with Crippen molar-refractivity contribution in [2.45, 2.75) is 18.7 Å². The van der Waals surface area contributed by atoms with Crippen molar-refractivity contribution in [3.63, 3.8) is 0 Å². The van der Waals surface area contributed by atoms with Crippen LogP contribution in [0.15, 0.2) is 48.7 Å².